The first-order chi connectivity index (χ1) is 15.2. The van der Waals surface area contributed by atoms with E-state index in [0.29, 0.717) is 30.5 Å². The number of amides is 3. The van der Waals surface area contributed by atoms with E-state index in [1.54, 1.807) is 16.2 Å². The molecule has 31 heavy (non-hydrogen) atoms. The average molecular weight is 452 g/mol. The van der Waals surface area contributed by atoms with Crippen LogP contribution in [-0.4, -0.2) is 41.5 Å². The SMILES string of the molecule is O=C(Cc1csc(N2CCNC2=O)n1)NCC(c1cccs1)c1c[nH]c2ccccc12. The van der Waals surface area contributed by atoms with Gasteiger partial charge in [0, 0.05) is 52.9 Å². The normalized spacial score (nSPS) is 14.7. The van der Waals surface area contributed by atoms with Crippen LogP contribution < -0.4 is 15.5 Å². The van der Waals surface area contributed by atoms with Crippen molar-refractivity contribution in [1.29, 1.82) is 0 Å². The van der Waals surface area contributed by atoms with Gasteiger partial charge in [-0.3, -0.25) is 9.69 Å². The Morgan fingerprint density at radius 1 is 1.23 bits per heavy atom. The molecule has 5 rings (SSSR count). The number of thiazole rings is 1. The van der Waals surface area contributed by atoms with E-state index >= 15 is 0 Å². The first kappa shape index (κ1) is 19.8. The first-order valence-electron chi connectivity index (χ1n) is 10.0. The summed E-state index contributed by atoms with van der Waals surface area (Å²) in [6, 6.07) is 12.2. The fraction of sp³-hybridized carbons (Fsp3) is 0.227. The minimum Gasteiger partial charge on any atom is -0.361 e. The molecule has 1 aromatic carbocycles. The summed E-state index contributed by atoms with van der Waals surface area (Å²) in [4.78, 5) is 35.1. The average Bonchev–Trinajstić information content (AvgIpc) is 3.56. The van der Waals surface area contributed by atoms with Gasteiger partial charge < -0.3 is 15.6 Å². The number of aromatic nitrogens is 2. The van der Waals surface area contributed by atoms with Crippen molar-refractivity contribution in [1.82, 2.24) is 20.6 Å². The maximum atomic E-state index is 12.7. The van der Waals surface area contributed by atoms with Crippen molar-refractivity contribution in [2.75, 3.05) is 24.5 Å². The molecule has 4 heterocycles. The van der Waals surface area contributed by atoms with Crippen molar-refractivity contribution in [2.24, 2.45) is 0 Å². The number of hydrogen-bond acceptors (Lipinski definition) is 5. The van der Waals surface area contributed by atoms with E-state index in [1.165, 1.54) is 27.2 Å². The Morgan fingerprint density at radius 2 is 2.13 bits per heavy atom. The summed E-state index contributed by atoms with van der Waals surface area (Å²) < 4.78 is 0. The number of hydrogen-bond donors (Lipinski definition) is 3. The number of nitrogens with one attached hydrogen (secondary N) is 3. The van der Waals surface area contributed by atoms with E-state index in [1.807, 2.05) is 29.8 Å². The second-order valence-electron chi connectivity index (χ2n) is 7.34. The van der Waals surface area contributed by atoms with Crippen molar-refractivity contribution in [2.45, 2.75) is 12.3 Å². The fourth-order valence-electron chi connectivity index (χ4n) is 3.83. The highest BCUT2D eigenvalue weighted by Gasteiger charge is 2.24. The molecule has 0 saturated carbocycles. The Balaban J connectivity index is 1.28. The second-order valence-corrected chi connectivity index (χ2v) is 9.16. The van der Waals surface area contributed by atoms with Gasteiger partial charge in [0.1, 0.15) is 0 Å². The van der Waals surface area contributed by atoms with Gasteiger partial charge in [0.05, 0.1) is 12.1 Å². The zero-order valence-electron chi connectivity index (χ0n) is 16.6. The van der Waals surface area contributed by atoms with E-state index in [9.17, 15) is 9.59 Å². The number of benzene rings is 1. The molecule has 1 aliphatic rings. The number of nitrogens with zero attached hydrogens (tertiary/aromatic N) is 2. The van der Waals surface area contributed by atoms with Gasteiger partial charge in [0.25, 0.3) is 0 Å². The van der Waals surface area contributed by atoms with Gasteiger partial charge in [-0.2, -0.15) is 0 Å². The number of carbonyl (C=O) groups is 2. The van der Waals surface area contributed by atoms with Crippen molar-refractivity contribution < 1.29 is 9.59 Å². The number of carbonyl (C=O) groups excluding carboxylic acids is 2. The second kappa shape index (κ2) is 8.52. The molecule has 158 valence electrons. The summed E-state index contributed by atoms with van der Waals surface area (Å²) in [5.74, 6) is -0.0106. The van der Waals surface area contributed by atoms with E-state index in [-0.39, 0.29) is 24.3 Å². The molecule has 1 fully saturated rings. The van der Waals surface area contributed by atoms with Crippen LogP contribution in [0.3, 0.4) is 0 Å². The molecule has 0 bridgehead atoms. The lowest BCUT2D eigenvalue weighted by molar-refractivity contribution is -0.120. The first-order valence-corrected chi connectivity index (χ1v) is 11.8. The number of anilines is 1. The summed E-state index contributed by atoms with van der Waals surface area (Å²) in [5, 5.41) is 11.6. The highest BCUT2D eigenvalue weighted by Crippen LogP contribution is 2.32. The molecule has 1 saturated heterocycles. The van der Waals surface area contributed by atoms with Gasteiger partial charge in [0.15, 0.2) is 5.13 Å². The molecule has 1 unspecified atom stereocenters. The molecular formula is C22H21N5O2S2. The van der Waals surface area contributed by atoms with Crippen LogP contribution in [0.4, 0.5) is 9.93 Å². The molecule has 3 aromatic heterocycles. The van der Waals surface area contributed by atoms with E-state index in [0.717, 1.165) is 5.52 Å². The Hall–Kier alpha value is -3.17. The molecule has 1 aliphatic heterocycles. The minimum absolute atomic E-state index is 0.0689. The van der Waals surface area contributed by atoms with E-state index in [4.69, 9.17) is 0 Å². The highest BCUT2D eigenvalue weighted by atomic mass is 32.1. The van der Waals surface area contributed by atoms with Gasteiger partial charge in [-0.15, -0.1) is 22.7 Å². The Kier molecular flexibility index (Phi) is 5.44. The highest BCUT2D eigenvalue weighted by molar-refractivity contribution is 7.14. The topological polar surface area (TPSA) is 90.1 Å². The number of para-hydroxylation sites is 1. The molecule has 0 radical (unpaired) electrons. The summed E-state index contributed by atoms with van der Waals surface area (Å²) in [6.45, 7) is 1.73. The number of aromatic amines is 1. The van der Waals surface area contributed by atoms with Crippen molar-refractivity contribution in [3.8, 4) is 0 Å². The number of rotatable bonds is 7. The fourth-order valence-corrected chi connectivity index (χ4v) is 5.53. The van der Waals surface area contributed by atoms with Crippen LogP contribution >= 0.6 is 22.7 Å². The molecule has 0 aliphatic carbocycles. The van der Waals surface area contributed by atoms with Crippen LogP contribution in [0.2, 0.25) is 0 Å². The van der Waals surface area contributed by atoms with Crippen LogP contribution in [-0.2, 0) is 11.2 Å². The number of fused-ring (bicyclic) bond motifs is 1. The molecule has 3 N–H and O–H groups in total. The number of thiophene rings is 1. The third kappa shape index (κ3) is 4.06. The molecule has 3 amide bonds. The van der Waals surface area contributed by atoms with Gasteiger partial charge in [-0.25, -0.2) is 9.78 Å². The number of urea groups is 1. The maximum absolute atomic E-state index is 12.7. The van der Waals surface area contributed by atoms with Gasteiger partial charge in [0.2, 0.25) is 5.91 Å². The Labute approximate surface area is 187 Å². The smallest absolute Gasteiger partial charge is 0.323 e. The van der Waals surface area contributed by atoms with Crippen molar-refractivity contribution in [3.63, 3.8) is 0 Å². The van der Waals surface area contributed by atoms with Gasteiger partial charge >= 0.3 is 6.03 Å². The minimum atomic E-state index is -0.136. The zero-order chi connectivity index (χ0) is 21.2. The van der Waals surface area contributed by atoms with Gasteiger partial charge in [-0.05, 0) is 23.1 Å². The Bertz CT molecular complexity index is 1210. The van der Waals surface area contributed by atoms with Crippen LogP contribution in [0.25, 0.3) is 10.9 Å². The molecule has 7 nitrogen and oxygen atoms in total. The standard InChI is InChI=1S/C22H21N5O2S2/c28-20(10-14-13-31-22(26-14)27-8-7-23-21(27)29)25-12-17(19-6-3-9-30-19)16-11-24-18-5-2-1-4-15(16)18/h1-6,9,11,13,17,24H,7-8,10,12H2,(H,23,29)(H,25,28). The van der Waals surface area contributed by atoms with E-state index < -0.39 is 0 Å². The summed E-state index contributed by atoms with van der Waals surface area (Å²) in [7, 11) is 0. The molecule has 4 aromatic rings. The molecule has 0 spiro atoms. The van der Waals surface area contributed by atoms with E-state index in [2.05, 4.69) is 44.2 Å². The third-order valence-electron chi connectivity index (χ3n) is 5.36. The summed E-state index contributed by atoms with van der Waals surface area (Å²) in [6.07, 6.45) is 2.23. The molecular weight excluding hydrogens is 430 g/mol. The van der Waals surface area contributed by atoms with Crippen molar-refractivity contribution >= 4 is 50.6 Å². The predicted octanol–water partition coefficient (Wildman–Crippen LogP) is 3.71. The molecule has 9 heteroatoms. The Morgan fingerprint density at radius 3 is 2.94 bits per heavy atom. The van der Waals surface area contributed by atoms with Crippen LogP contribution in [0.5, 0.6) is 0 Å². The predicted molar refractivity (Wildman–Crippen MR) is 124 cm³/mol. The van der Waals surface area contributed by atoms with Crippen molar-refractivity contribution in [3.05, 3.63) is 69.5 Å². The zero-order valence-corrected chi connectivity index (χ0v) is 18.3. The largest absolute Gasteiger partial charge is 0.361 e. The number of H-pyrrole nitrogens is 1. The summed E-state index contributed by atoms with van der Waals surface area (Å²) >= 11 is 3.08. The lowest BCUT2D eigenvalue weighted by Gasteiger charge is -2.16. The lowest BCUT2D eigenvalue weighted by atomic mass is 9.96. The van der Waals surface area contributed by atoms with Crippen LogP contribution in [0.15, 0.2) is 53.4 Å². The van der Waals surface area contributed by atoms with Gasteiger partial charge in [-0.1, -0.05) is 24.3 Å². The quantitative estimate of drug-likeness (QED) is 0.400. The summed E-state index contributed by atoms with van der Waals surface area (Å²) in [5.41, 5.74) is 2.94. The van der Waals surface area contributed by atoms with Crippen LogP contribution in [0, 0.1) is 0 Å². The lowest BCUT2D eigenvalue weighted by Crippen LogP contribution is -2.30. The molecule has 1 atom stereocenters. The maximum Gasteiger partial charge on any atom is 0.323 e. The van der Waals surface area contributed by atoms with Crippen LogP contribution in [0.1, 0.15) is 22.1 Å². The third-order valence-corrected chi connectivity index (χ3v) is 7.25. The monoisotopic (exact) mass is 451 g/mol.